The lowest BCUT2D eigenvalue weighted by atomic mass is 10.1. The normalized spacial score (nSPS) is 12.7. The first-order valence-corrected chi connectivity index (χ1v) is 12.0. The van der Waals surface area contributed by atoms with Crippen LogP contribution >= 0.6 is 15.9 Å². The zero-order valence-electron chi connectivity index (χ0n) is 16.3. The van der Waals surface area contributed by atoms with Crippen LogP contribution in [0.1, 0.15) is 31.0 Å². The van der Waals surface area contributed by atoms with E-state index in [1.807, 2.05) is 36.4 Å². The van der Waals surface area contributed by atoms with Crippen LogP contribution in [0.2, 0.25) is 0 Å². The standard InChI is InChI=1S/C21H27BrN2O3S/c1-3-24(4-2)20(18-10-6-5-7-11-18)14-23-21(25)16-28(26,27)15-17-9-8-12-19(22)13-17/h5-13,20H,3-4,14-16H2,1-2H3,(H,23,25)/t20-/m1/s1. The minimum absolute atomic E-state index is 0.00735. The van der Waals surface area contributed by atoms with E-state index >= 15 is 0 Å². The molecule has 0 spiro atoms. The number of likely N-dealkylation sites (N-methyl/N-ethyl adjacent to an activating group) is 1. The van der Waals surface area contributed by atoms with Gasteiger partial charge in [-0.3, -0.25) is 9.69 Å². The SMILES string of the molecule is CCN(CC)[C@H](CNC(=O)CS(=O)(=O)Cc1cccc(Br)c1)c1ccccc1. The first-order chi connectivity index (χ1) is 13.3. The van der Waals surface area contributed by atoms with Gasteiger partial charge in [0.1, 0.15) is 5.75 Å². The highest BCUT2D eigenvalue weighted by Crippen LogP contribution is 2.19. The molecule has 1 atom stereocenters. The Morgan fingerprint density at radius 2 is 1.75 bits per heavy atom. The third-order valence-electron chi connectivity index (χ3n) is 4.56. The summed E-state index contributed by atoms with van der Waals surface area (Å²) < 4.78 is 25.6. The average Bonchev–Trinajstić information content (AvgIpc) is 2.65. The molecule has 0 aliphatic rings. The summed E-state index contributed by atoms with van der Waals surface area (Å²) in [5.41, 5.74) is 1.76. The Hall–Kier alpha value is -1.70. The summed E-state index contributed by atoms with van der Waals surface area (Å²) in [4.78, 5) is 14.6. The van der Waals surface area contributed by atoms with E-state index in [0.717, 1.165) is 23.1 Å². The van der Waals surface area contributed by atoms with Crippen molar-refractivity contribution in [1.29, 1.82) is 0 Å². The second-order valence-corrected chi connectivity index (χ2v) is 9.59. The van der Waals surface area contributed by atoms with Gasteiger partial charge in [0.15, 0.2) is 9.84 Å². The number of halogens is 1. The van der Waals surface area contributed by atoms with Gasteiger partial charge in [0.05, 0.1) is 11.8 Å². The number of nitrogens with zero attached hydrogens (tertiary/aromatic N) is 1. The van der Waals surface area contributed by atoms with Crippen molar-refractivity contribution in [2.75, 3.05) is 25.4 Å². The molecule has 0 fully saturated rings. The Balaban J connectivity index is 2.00. The highest BCUT2D eigenvalue weighted by molar-refractivity contribution is 9.10. The molecule has 0 unspecified atom stereocenters. The van der Waals surface area contributed by atoms with Crippen LogP contribution in [0.5, 0.6) is 0 Å². The Bertz CT molecular complexity index is 868. The molecule has 0 aliphatic carbocycles. The van der Waals surface area contributed by atoms with Gasteiger partial charge in [-0.2, -0.15) is 0 Å². The zero-order chi connectivity index (χ0) is 20.6. The van der Waals surface area contributed by atoms with Gasteiger partial charge in [-0.1, -0.05) is 72.2 Å². The number of sulfone groups is 1. The van der Waals surface area contributed by atoms with E-state index in [1.165, 1.54) is 0 Å². The van der Waals surface area contributed by atoms with Crippen molar-refractivity contribution in [2.45, 2.75) is 25.6 Å². The van der Waals surface area contributed by atoms with Crippen molar-refractivity contribution in [3.8, 4) is 0 Å². The maximum atomic E-state index is 12.4. The van der Waals surface area contributed by atoms with Gasteiger partial charge in [-0.15, -0.1) is 0 Å². The van der Waals surface area contributed by atoms with Crippen LogP contribution in [0.25, 0.3) is 0 Å². The lowest BCUT2D eigenvalue weighted by Crippen LogP contribution is -2.40. The molecule has 0 radical (unpaired) electrons. The van der Waals surface area contributed by atoms with E-state index in [0.29, 0.717) is 12.1 Å². The van der Waals surface area contributed by atoms with Crippen molar-refractivity contribution in [3.63, 3.8) is 0 Å². The summed E-state index contributed by atoms with van der Waals surface area (Å²) >= 11 is 3.33. The quantitative estimate of drug-likeness (QED) is 0.581. The molecule has 2 aromatic rings. The van der Waals surface area contributed by atoms with E-state index < -0.39 is 21.5 Å². The minimum atomic E-state index is -3.54. The van der Waals surface area contributed by atoms with Crippen molar-refractivity contribution in [3.05, 3.63) is 70.2 Å². The largest absolute Gasteiger partial charge is 0.353 e. The molecule has 5 nitrogen and oxygen atoms in total. The summed E-state index contributed by atoms with van der Waals surface area (Å²) in [6.45, 7) is 6.20. The molecule has 1 N–H and O–H groups in total. The van der Waals surface area contributed by atoms with Crippen LogP contribution in [-0.2, 0) is 20.4 Å². The van der Waals surface area contributed by atoms with Crippen LogP contribution in [0.3, 0.4) is 0 Å². The topological polar surface area (TPSA) is 66.5 Å². The monoisotopic (exact) mass is 466 g/mol. The molecular weight excluding hydrogens is 440 g/mol. The average molecular weight is 467 g/mol. The highest BCUT2D eigenvalue weighted by Gasteiger charge is 2.21. The van der Waals surface area contributed by atoms with E-state index in [4.69, 9.17) is 0 Å². The van der Waals surface area contributed by atoms with E-state index in [-0.39, 0.29) is 11.8 Å². The van der Waals surface area contributed by atoms with Gasteiger partial charge in [0.2, 0.25) is 5.91 Å². The summed E-state index contributed by atoms with van der Waals surface area (Å²) in [6.07, 6.45) is 0. The smallest absolute Gasteiger partial charge is 0.235 e. The Kier molecular flexibility index (Phi) is 8.66. The lowest BCUT2D eigenvalue weighted by molar-refractivity contribution is -0.118. The molecule has 2 rings (SSSR count). The molecule has 1 amide bonds. The maximum absolute atomic E-state index is 12.4. The molecule has 152 valence electrons. The van der Waals surface area contributed by atoms with Gasteiger partial charge < -0.3 is 5.32 Å². The summed E-state index contributed by atoms with van der Waals surface area (Å²) in [7, 11) is -3.54. The molecule has 0 saturated heterocycles. The second-order valence-electron chi connectivity index (χ2n) is 6.61. The van der Waals surface area contributed by atoms with Crippen LogP contribution in [0.15, 0.2) is 59.1 Å². The first-order valence-electron chi connectivity index (χ1n) is 9.35. The van der Waals surface area contributed by atoms with Crippen LogP contribution < -0.4 is 5.32 Å². The molecule has 0 saturated carbocycles. The Morgan fingerprint density at radius 1 is 1.07 bits per heavy atom. The van der Waals surface area contributed by atoms with E-state index in [2.05, 4.69) is 40.0 Å². The molecular formula is C21H27BrN2O3S. The summed E-state index contributed by atoms with van der Waals surface area (Å²) in [6, 6.07) is 17.1. The number of carbonyl (C=O) groups excluding carboxylic acids is 1. The van der Waals surface area contributed by atoms with Crippen molar-refractivity contribution in [2.24, 2.45) is 0 Å². The van der Waals surface area contributed by atoms with Crippen molar-refractivity contribution >= 4 is 31.7 Å². The van der Waals surface area contributed by atoms with Gasteiger partial charge in [0.25, 0.3) is 0 Å². The molecule has 28 heavy (non-hydrogen) atoms. The third kappa shape index (κ3) is 7.04. The first kappa shape index (κ1) is 22.6. The molecule has 2 aromatic carbocycles. The number of amides is 1. The number of hydrogen-bond acceptors (Lipinski definition) is 4. The Labute approximate surface area is 176 Å². The van der Waals surface area contributed by atoms with Gasteiger partial charge >= 0.3 is 0 Å². The number of carbonyl (C=O) groups is 1. The molecule has 0 heterocycles. The number of hydrogen-bond donors (Lipinski definition) is 1. The minimum Gasteiger partial charge on any atom is -0.353 e. The highest BCUT2D eigenvalue weighted by atomic mass is 79.9. The lowest BCUT2D eigenvalue weighted by Gasteiger charge is -2.30. The van der Waals surface area contributed by atoms with Crippen LogP contribution in [0.4, 0.5) is 0 Å². The fourth-order valence-corrected chi connectivity index (χ4v) is 4.93. The number of rotatable bonds is 10. The van der Waals surface area contributed by atoms with Gasteiger partial charge in [-0.25, -0.2) is 8.42 Å². The molecule has 0 aromatic heterocycles. The number of nitrogens with one attached hydrogen (secondary N) is 1. The predicted octanol–water partition coefficient (Wildman–Crippen LogP) is 3.56. The molecule has 7 heteroatoms. The number of benzene rings is 2. The Morgan fingerprint density at radius 3 is 2.36 bits per heavy atom. The zero-order valence-corrected chi connectivity index (χ0v) is 18.7. The van der Waals surface area contributed by atoms with E-state index in [9.17, 15) is 13.2 Å². The van der Waals surface area contributed by atoms with Gasteiger partial charge in [-0.05, 0) is 36.3 Å². The third-order valence-corrected chi connectivity index (χ3v) is 6.53. The fraction of sp³-hybridized carbons (Fsp3) is 0.381. The second kappa shape index (κ2) is 10.7. The predicted molar refractivity (Wildman–Crippen MR) is 117 cm³/mol. The molecule has 0 aliphatic heterocycles. The fourth-order valence-electron chi connectivity index (χ4n) is 3.19. The summed E-state index contributed by atoms with van der Waals surface area (Å²) in [5.74, 6) is -1.14. The van der Waals surface area contributed by atoms with Gasteiger partial charge in [0, 0.05) is 11.0 Å². The van der Waals surface area contributed by atoms with Crippen LogP contribution in [0, 0.1) is 0 Å². The molecule has 0 bridgehead atoms. The summed E-state index contributed by atoms with van der Waals surface area (Å²) in [5, 5.41) is 2.81. The maximum Gasteiger partial charge on any atom is 0.235 e. The van der Waals surface area contributed by atoms with Crippen molar-refractivity contribution < 1.29 is 13.2 Å². The van der Waals surface area contributed by atoms with E-state index in [1.54, 1.807) is 18.2 Å². The van der Waals surface area contributed by atoms with Crippen LogP contribution in [-0.4, -0.2) is 44.6 Å². The van der Waals surface area contributed by atoms with Crippen molar-refractivity contribution in [1.82, 2.24) is 10.2 Å².